The van der Waals surface area contributed by atoms with E-state index in [1.165, 1.54) is 11.6 Å². The number of ether oxygens (including phenoxy) is 1. The Labute approximate surface area is 164 Å². The van der Waals surface area contributed by atoms with Gasteiger partial charge in [0.25, 0.3) is 0 Å². The van der Waals surface area contributed by atoms with E-state index >= 15 is 0 Å². The van der Waals surface area contributed by atoms with Crippen molar-refractivity contribution in [3.8, 4) is 17.9 Å². The highest BCUT2D eigenvalue weighted by atomic mass is 16.5. The van der Waals surface area contributed by atoms with E-state index in [4.69, 9.17) is 15.3 Å². The fraction of sp³-hybridized carbons (Fsp3) is 0.286. The maximum atomic E-state index is 12.0. The van der Waals surface area contributed by atoms with Crippen molar-refractivity contribution in [3.05, 3.63) is 58.1 Å². The second-order valence-electron chi connectivity index (χ2n) is 6.13. The quantitative estimate of drug-likeness (QED) is 0.505. The molecule has 2 rings (SSSR count). The highest BCUT2D eigenvalue weighted by molar-refractivity contribution is 5.76. The molecular formula is C21H23N5O2. The Morgan fingerprint density at radius 3 is 2.43 bits per heavy atom. The molecule has 7 nitrogen and oxygen atoms in total. The third-order valence-electron chi connectivity index (χ3n) is 4.29. The summed E-state index contributed by atoms with van der Waals surface area (Å²) in [4.78, 5) is 12.0. The Morgan fingerprint density at radius 2 is 1.79 bits per heavy atom. The number of nitrogens with zero attached hydrogens (tertiary/aromatic N) is 2. The molecule has 144 valence electrons. The van der Waals surface area contributed by atoms with Crippen molar-refractivity contribution in [3.63, 3.8) is 0 Å². The molecule has 0 aliphatic rings. The van der Waals surface area contributed by atoms with Gasteiger partial charge in [0.05, 0.1) is 16.8 Å². The van der Waals surface area contributed by atoms with Crippen LogP contribution in [0.4, 0.5) is 10.5 Å². The number of hydrogen-bond donors (Lipinski definition) is 3. The number of hydrazine groups is 1. The maximum absolute atomic E-state index is 12.0. The lowest BCUT2D eigenvalue weighted by molar-refractivity contribution is 0.225. The molecular weight excluding hydrogens is 354 g/mol. The lowest BCUT2D eigenvalue weighted by Crippen LogP contribution is -2.40. The summed E-state index contributed by atoms with van der Waals surface area (Å²) in [5, 5.41) is 20.7. The number of nitriles is 2. The number of benzene rings is 2. The van der Waals surface area contributed by atoms with Gasteiger partial charge in [-0.05, 0) is 54.7 Å². The van der Waals surface area contributed by atoms with Gasteiger partial charge in [0, 0.05) is 0 Å². The van der Waals surface area contributed by atoms with Gasteiger partial charge < -0.3 is 10.1 Å². The summed E-state index contributed by atoms with van der Waals surface area (Å²) in [5.41, 5.74) is 9.38. The first-order valence-corrected chi connectivity index (χ1v) is 9.01. The van der Waals surface area contributed by atoms with E-state index in [2.05, 4.69) is 36.1 Å². The van der Waals surface area contributed by atoms with Crippen molar-refractivity contribution >= 4 is 11.7 Å². The van der Waals surface area contributed by atoms with Crippen molar-refractivity contribution in [1.29, 1.82) is 10.5 Å². The minimum Gasteiger partial charge on any atom is -0.473 e. The molecule has 2 amide bonds. The lowest BCUT2D eigenvalue weighted by Gasteiger charge is -2.14. The van der Waals surface area contributed by atoms with Crippen LogP contribution in [0.5, 0.6) is 5.75 Å². The fourth-order valence-electron chi connectivity index (χ4n) is 2.65. The zero-order chi connectivity index (χ0) is 20.5. The van der Waals surface area contributed by atoms with Crippen LogP contribution in [-0.2, 0) is 12.8 Å². The molecule has 2 aromatic carbocycles. The molecule has 0 fully saturated rings. The second kappa shape index (κ2) is 9.84. The van der Waals surface area contributed by atoms with Crippen LogP contribution < -0.4 is 20.9 Å². The van der Waals surface area contributed by atoms with E-state index in [9.17, 15) is 4.79 Å². The van der Waals surface area contributed by atoms with Crippen molar-refractivity contribution in [2.24, 2.45) is 0 Å². The summed E-state index contributed by atoms with van der Waals surface area (Å²) in [6.45, 7) is 5.95. The van der Waals surface area contributed by atoms with Gasteiger partial charge >= 0.3 is 6.03 Å². The third kappa shape index (κ3) is 5.15. The van der Waals surface area contributed by atoms with E-state index < -0.39 is 6.03 Å². The van der Waals surface area contributed by atoms with Crippen LogP contribution in [-0.4, -0.2) is 12.8 Å². The Hall–Kier alpha value is -3.71. The minimum atomic E-state index is -0.481. The summed E-state index contributed by atoms with van der Waals surface area (Å²) in [5.74, 6) is 0.745. The van der Waals surface area contributed by atoms with Gasteiger partial charge in [-0.1, -0.05) is 26.0 Å². The molecule has 0 saturated heterocycles. The summed E-state index contributed by atoms with van der Waals surface area (Å²) in [7, 11) is 0. The average molecular weight is 377 g/mol. The highest BCUT2D eigenvalue weighted by Gasteiger charge is 2.08. The minimum absolute atomic E-state index is 0.0157. The van der Waals surface area contributed by atoms with Crippen molar-refractivity contribution in [1.82, 2.24) is 10.7 Å². The molecule has 2 aromatic rings. The zero-order valence-corrected chi connectivity index (χ0v) is 16.2. The standard InChI is InChI=1S/C21H23N5O2/c1-4-15-6-7-20(16(5-2)9-15)28-13-24-21(27)26-25-19-10-18(12-23)17(11-22)8-14(19)3/h6-10,25H,4-5,13H2,1-3H3,(H2,24,26,27). The molecule has 7 heteroatoms. The third-order valence-corrected chi connectivity index (χ3v) is 4.29. The molecule has 0 bridgehead atoms. The first kappa shape index (κ1) is 20.6. The Kier molecular flexibility index (Phi) is 7.24. The number of anilines is 1. The van der Waals surface area contributed by atoms with Crippen LogP contribution in [0.1, 0.15) is 41.7 Å². The smallest absolute Gasteiger partial charge is 0.336 e. The van der Waals surface area contributed by atoms with E-state index in [-0.39, 0.29) is 12.3 Å². The van der Waals surface area contributed by atoms with Gasteiger partial charge in [0.2, 0.25) is 0 Å². The fourth-order valence-corrected chi connectivity index (χ4v) is 2.65. The summed E-state index contributed by atoms with van der Waals surface area (Å²) in [6, 6.07) is 12.6. The second-order valence-corrected chi connectivity index (χ2v) is 6.13. The molecule has 0 unspecified atom stereocenters. The molecule has 0 atom stereocenters. The highest BCUT2D eigenvalue weighted by Crippen LogP contribution is 2.21. The van der Waals surface area contributed by atoms with Crippen LogP contribution in [0, 0.1) is 29.6 Å². The van der Waals surface area contributed by atoms with E-state index in [0.717, 1.165) is 29.7 Å². The number of amides is 2. The predicted molar refractivity (Wildman–Crippen MR) is 107 cm³/mol. The Morgan fingerprint density at radius 1 is 1.07 bits per heavy atom. The summed E-state index contributed by atoms with van der Waals surface area (Å²) >= 11 is 0. The summed E-state index contributed by atoms with van der Waals surface area (Å²) < 4.78 is 5.66. The van der Waals surface area contributed by atoms with Gasteiger partial charge in [-0.3, -0.25) is 10.9 Å². The Balaban J connectivity index is 1.89. The Bertz CT molecular complexity index is 941. The maximum Gasteiger partial charge on any atom is 0.336 e. The number of hydrogen-bond acceptors (Lipinski definition) is 5. The first-order valence-electron chi connectivity index (χ1n) is 9.01. The predicted octanol–water partition coefficient (Wildman–Crippen LogP) is 3.53. The van der Waals surface area contributed by atoms with Crippen molar-refractivity contribution in [2.45, 2.75) is 33.6 Å². The number of carbonyl (C=O) groups excluding carboxylic acids is 1. The number of nitrogens with one attached hydrogen (secondary N) is 3. The van der Waals surface area contributed by atoms with Crippen LogP contribution in [0.2, 0.25) is 0 Å². The van der Waals surface area contributed by atoms with Gasteiger partial charge in [0.15, 0.2) is 6.73 Å². The van der Waals surface area contributed by atoms with E-state index in [1.807, 2.05) is 24.3 Å². The number of carbonyl (C=O) groups is 1. The van der Waals surface area contributed by atoms with Gasteiger partial charge in [-0.15, -0.1) is 0 Å². The normalized spacial score (nSPS) is 9.75. The van der Waals surface area contributed by atoms with Crippen LogP contribution >= 0.6 is 0 Å². The van der Waals surface area contributed by atoms with Crippen LogP contribution in [0.25, 0.3) is 0 Å². The van der Waals surface area contributed by atoms with Crippen LogP contribution in [0.15, 0.2) is 30.3 Å². The van der Waals surface area contributed by atoms with Gasteiger partial charge in [0.1, 0.15) is 17.9 Å². The van der Waals surface area contributed by atoms with Gasteiger partial charge in [-0.2, -0.15) is 10.5 Å². The zero-order valence-electron chi connectivity index (χ0n) is 16.2. The molecule has 0 aliphatic heterocycles. The van der Waals surface area contributed by atoms with Crippen LogP contribution in [0.3, 0.4) is 0 Å². The number of rotatable bonds is 7. The van der Waals surface area contributed by atoms with Gasteiger partial charge in [-0.25, -0.2) is 4.79 Å². The lowest BCUT2D eigenvalue weighted by atomic mass is 10.0. The molecule has 28 heavy (non-hydrogen) atoms. The molecule has 0 aliphatic carbocycles. The number of aryl methyl sites for hydroxylation is 3. The van der Waals surface area contributed by atoms with Crippen molar-refractivity contribution in [2.75, 3.05) is 12.2 Å². The van der Waals surface area contributed by atoms with E-state index in [1.54, 1.807) is 13.0 Å². The molecule has 0 aromatic heterocycles. The van der Waals surface area contributed by atoms with E-state index in [0.29, 0.717) is 11.3 Å². The molecule has 0 heterocycles. The molecule has 0 saturated carbocycles. The molecule has 0 radical (unpaired) electrons. The molecule has 3 N–H and O–H groups in total. The SMILES string of the molecule is CCc1ccc(OCNC(=O)NNc2cc(C#N)c(C#N)cc2C)c(CC)c1. The first-order chi connectivity index (χ1) is 13.5. The summed E-state index contributed by atoms with van der Waals surface area (Å²) in [6.07, 6.45) is 1.80. The topological polar surface area (TPSA) is 110 Å². The van der Waals surface area contributed by atoms with Crippen molar-refractivity contribution < 1.29 is 9.53 Å². The number of urea groups is 1. The largest absolute Gasteiger partial charge is 0.473 e. The monoisotopic (exact) mass is 377 g/mol. The average Bonchev–Trinajstić information content (AvgIpc) is 2.72. The molecule has 0 spiro atoms.